The summed E-state index contributed by atoms with van der Waals surface area (Å²) in [6, 6.07) is 13.9. The van der Waals surface area contributed by atoms with E-state index in [1.807, 2.05) is 30.3 Å². The van der Waals surface area contributed by atoms with E-state index in [0.29, 0.717) is 0 Å². The van der Waals surface area contributed by atoms with Gasteiger partial charge < -0.3 is 10.2 Å². The van der Waals surface area contributed by atoms with Crippen LogP contribution in [0.1, 0.15) is 30.2 Å². The number of nitrogens with two attached hydrogens (primary N) is 1. The summed E-state index contributed by atoms with van der Waals surface area (Å²) in [7, 11) is 0. The average molecular weight is 280 g/mol. The quantitative estimate of drug-likeness (QED) is 0.927. The Morgan fingerprint density at radius 3 is 2.38 bits per heavy atom. The molecule has 0 amide bonds. The Balaban J connectivity index is 2.19. The fraction of sp³-hybridized carbons (Fsp3) is 0.231. The molecule has 3 heteroatoms. The van der Waals surface area contributed by atoms with E-state index in [1.165, 1.54) is 5.56 Å². The minimum absolute atomic E-state index is 0.117. The number of rotatable bonds is 3. The molecule has 2 N–H and O–H groups in total. The van der Waals surface area contributed by atoms with E-state index in [1.54, 1.807) is 0 Å². The van der Waals surface area contributed by atoms with Crippen molar-refractivity contribution in [2.24, 2.45) is 5.73 Å². The van der Waals surface area contributed by atoms with Gasteiger partial charge in [0.25, 0.3) is 0 Å². The topological polar surface area (TPSA) is 39.2 Å². The maximum absolute atomic E-state index is 6.17. The van der Waals surface area contributed by atoms with Crippen LogP contribution in [-0.4, -0.2) is 0 Å². The van der Waals surface area contributed by atoms with Crippen LogP contribution in [0.2, 0.25) is 0 Å². The van der Waals surface area contributed by atoms with Gasteiger partial charge in [-0.3, -0.25) is 0 Å². The number of halogens is 1. The van der Waals surface area contributed by atoms with Gasteiger partial charge in [0.05, 0.1) is 6.04 Å². The highest BCUT2D eigenvalue weighted by Crippen LogP contribution is 2.30. The summed E-state index contributed by atoms with van der Waals surface area (Å²) in [5.41, 5.74) is 7.39. The number of hydrogen-bond acceptors (Lipinski definition) is 2. The zero-order valence-electron chi connectivity index (χ0n) is 9.06. The maximum atomic E-state index is 6.17. The fourth-order valence-electron chi connectivity index (χ4n) is 1.72. The summed E-state index contributed by atoms with van der Waals surface area (Å²) >= 11 is 3.28. The molecule has 1 aromatic carbocycles. The van der Waals surface area contributed by atoms with Gasteiger partial charge in [-0.05, 0) is 33.6 Å². The van der Waals surface area contributed by atoms with Crippen LogP contribution in [0.5, 0.6) is 0 Å². The van der Waals surface area contributed by atoms with Crippen LogP contribution < -0.4 is 5.73 Å². The summed E-state index contributed by atoms with van der Waals surface area (Å²) in [5.74, 6) is 1.04. The van der Waals surface area contributed by atoms with Crippen molar-refractivity contribution in [3.05, 3.63) is 58.5 Å². The molecule has 1 aromatic heterocycles. The Labute approximate surface area is 104 Å². The lowest BCUT2D eigenvalue weighted by Crippen LogP contribution is -2.16. The Kier molecular flexibility index (Phi) is 3.46. The molecule has 0 saturated heterocycles. The standard InChI is InChI=1S/C13H14BrNO/c1-9(10-5-3-2-4-6-10)13(15)11-7-8-12(14)16-11/h2-9,13H,15H2,1H3. The second kappa shape index (κ2) is 4.85. The van der Waals surface area contributed by atoms with Crippen molar-refractivity contribution < 1.29 is 4.42 Å². The minimum Gasteiger partial charge on any atom is -0.453 e. The predicted molar refractivity (Wildman–Crippen MR) is 68.2 cm³/mol. The smallest absolute Gasteiger partial charge is 0.169 e. The van der Waals surface area contributed by atoms with Crippen molar-refractivity contribution >= 4 is 15.9 Å². The molecular formula is C13H14BrNO. The Morgan fingerprint density at radius 2 is 1.81 bits per heavy atom. The van der Waals surface area contributed by atoms with Crippen LogP contribution >= 0.6 is 15.9 Å². The Hall–Kier alpha value is -1.06. The normalized spacial score (nSPS) is 14.7. The maximum Gasteiger partial charge on any atom is 0.169 e. The number of benzene rings is 1. The molecule has 0 aliphatic heterocycles. The molecule has 2 aromatic rings. The molecule has 0 aliphatic carbocycles. The molecule has 16 heavy (non-hydrogen) atoms. The molecule has 2 atom stereocenters. The number of furan rings is 1. The van der Waals surface area contributed by atoms with Crippen LogP contribution in [-0.2, 0) is 0 Å². The van der Waals surface area contributed by atoms with Crippen molar-refractivity contribution in [3.8, 4) is 0 Å². The van der Waals surface area contributed by atoms with E-state index in [2.05, 4.69) is 35.0 Å². The van der Waals surface area contributed by atoms with E-state index in [0.717, 1.165) is 10.4 Å². The molecule has 2 nitrogen and oxygen atoms in total. The summed E-state index contributed by atoms with van der Waals surface area (Å²) in [6.07, 6.45) is 0. The SMILES string of the molecule is CC(c1ccccc1)C(N)c1ccc(Br)o1. The van der Waals surface area contributed by atoms with Crippen LogP contribution in [0.4, 0.5) is 0 Å². The highest BCUT2D eigenvalue weighted by Gasteiger charge is 2.19. The monoisotopic (exact) mass is 279 g/mol. The van der Waals surface area contributed by atoms with Crippen molar-refractivity contribution in [2.45, 2.75) is 18.9 Å². The molecule has 84 valence electrons. The lowest BCUT2D eigenvalue weighted by Gasteiger charge is -2.18. The van der Waals surface area contributed by atoms with Gasteiger partial charge in [0, 0.05) is 5.92 Å². The Bertz CT molecular complexity index is 452. The Morgan fingerprint density at radius 1 is 1.12 bits per heavy atom. The van der Waals surface area contributed by atoms with Gasteiger partial charge in [-0.25, -0.2) is 0 Å². The summed E-state index contributed by atoms with van der Waals surface area (Å²) in [4.78, 5) is 0. The fourth-order valence-corrected chi connectivity index (χ4v) is 2.04. The van der Waals surface area contributed by atoms with Gasteiger partial charge in [-0.15, -0.1) is 0 Å². The highest BCUT2D eigenvalue weighted by atomic mass is 79.9. The third-order valence-electron chi connectivity index (χ3n) is 2.79. The highest BCUT2D eigenvalue weighted by molar-refractivity contribution is 9.10. The van der Waals surface area contributed by atoms with E-state index in [4.69, 9.17) is 10.2 Å². The molecule has 2 unspecified atom stereocenters. The third-order valence-corrected chi connectivity index (χ3v) is 3.21. The first kappa shape index (κ1) is 11.4. The van der Waals surface area contributed by atoms with Crippen LogP contribution in [0, 0.1) is 0 Å². The van der Waals surface area contributed by atoms with Crippen LogP contribution in [0.3, 0.4) is 0 Å². The molecule has 0 bridgehead atoms. The van der Waals surface area contributed by atoms with Gasteiger partial charge in [-0.1, -0.05) is 37.3 Å². The first-order valence-electron chi connectivity index (χ1n) is 5.24. The van der Waals surface area contributed by atoms with E-state index in [-0.39, 0.29) is 12.0 Å². The lowest BCUT2D eigenvalue weighted by molar-refractivity contribution is 0.422. The zero-order valence-corrected chi connectivity index (χ0v) is 10.6. The zero-order chi connectivity index (χ0) is 11.5. The molecule has 0 aliphatic rings. The van der Waals surface area contributed by atoms with E-state index < -0.39 is 0 Å². The van der Waals surface area contributed by atoms with Crippen molar-refractivity contribution in [1.29, 1.82) is 0 Å². The van der Waals surface area contributed by atoms with Gasteiger partial charge in [0.15, 0.2) is 4.67 Å². The molecule has 0 spiro atoms. The largest absolute Gasteiger partial charge is 0.453 e. The van der Waals surface area contributed by atoms with Gasteiger partial charge >= 0.3 is 0 Å². The first-order valence-corrected chi connectivity index (χ1v) is 6.03. The predicted octanol–water partition coefficient (Wildman–Crippen LogP) is 3.85. The van der Waals surface area contributed by atoms with Gasteiger partial charge in [-0.2, -0.15) is 0 Å². The van der Waals surface area contributed by atoms with Crippen LogP contribution in [0.15, 0.2) is 51.6 Å². The van der Waals surface area contributed by atoms with E-state index in [9.17, 15) is 0 Å². The minimum atomic E-state index is -0.117. The molecule has 1 heterocycles. The summed E-state index contributed by atoms with van der Waals surface area (Å²) in [6.45, 7) is 2.11. The van der Waals surface area contributed by atoms with Crippen molar-refractivity contribution in [1.82, 2.24) is 0 Å². The second-order valence-electron chi connectivity index (χ2n) is 3.87. The first-order chi connectivity index (χ1) is 7.68. The van der Waals surface area contributed by atoms with Crippen molar-refractivity contribution in [3.63, 3.8) is 0 Å². The van der Waals surface area contributed by atoms with Gasteiger partial charge in [0.1, 0.15) is 5.76 Å². The lowest BCUT2D eigenvalue weighted by atomic mass is 9.92. The van der Waals surface area contributed by atoms with Crippen molar-refractivity contribution in [2.75, 3.05) is 0 Å². The second-order valence-corrected chi connectivity index (χ2v) is 4.65. The molecule has 0 radical (unpaired) electrons. The van der Waals surface area contributed by atoms with E-state index >= 15 is 0 Å². The molecule has 0 saturated carbocycles. The van der Waals surface area contributed by atoms with Crippen LogP contribution in [0.25, 0.3) is 0 Å². The number of hydrogen-bond donors (Lipinski definition) is 1. The molecule has 0 fully saturated rings. The molecular weight excluding hydrogens is 266 g/mol. The average Bonchev–Trinajstić information content (AvgIpc) is 2.75. The third kappa shape index (κ3) is 2.36. The summed E-state index contributed by atoms with van der Waals surface area (Å²) in [5, 5.41) is 0. The molecule has 2 rings (SSSR count). The van der Waals surface area contributed by atoms with Gasteiger partial charge in [0.2, 0.25) is 0 Å². The summed E-state index contributed by atoms with van der Waals surface area (Å²) < 4.78 is 6.20.